The van der Waals surface area contributed by atoms with Gasteiger partial charge in [-0.25, -0.2) is 4.79 Å². The summed E-state index contributed by atoms with van der Waals surface area (Å²) in [5, 5.41) is 2.73. The van der Waals surface area contributed by atoms with Gasteiger partial charge in [-0.05, 0) is 18.2 Å². The fourth-order valence-electron chi connectivity index (χ4n) is 2.85. The number of aromatic nitrogens is 2. The normalized spacial score (nSPS) is 19.2. The van der Waals surface area contributed by atoms with Crippen LogP contribution in [-0.4, -0.2) is 61.3 Å². The zero-order chi connectivity index (χ0) is 21.5. The van der Waals surface area contributed by atoms with Crippen molar-refractivity contribution in [2.75, 3.05) is 38.1 Å². The molecule has 0 bridgehead atoms. The smallest absolute Gasteiger partial charge is 0.430 e. The van der Waals surface area contributed by atoms with E-state index in [4.69, 9.17) is 46.9 Å². The van der Waals surface area contributed by atoms with E-state index in [0.717, 1.165) is 11.1 Å². The maximum atomic E-state index is 13.4. The van der Waals surface area contributed by atoms with Crippen LogP contribution in [0.1, 0.15) is 5.56 Å². The number of hydrogen-bond acceptors (Lipinski definition) is 7. The van der Waals surface area contributed by atoms with Crippen molar-refractivity contribution in [1.82, 2.24) is 9.98 Å². The van der Waals surface area contributed by atoms with Crippen molar-refractivity contribution in [3.05, 3.63) is 33.3 Å². The topological polar surface area (TPSA) is 80.2 Å². The highest BCUT2D eigenvalue weighted by Crippen LogP contribution is 2.42. The number of rotatable bonds is 5. The van der Waals surface area contributed by atoms with E-state index in [0.29, 0.717) is 26.3 Å². The van der Waals surface area contributed by atoms with E-state index in [1.165, 1.54) is 17.1 Å². The number of carbonyl (C=O) groups excluding carboxylic acids is 1. The van der Waals surface area contributed by atoms with Crippen LogP contribution in [0.5, 0.6) is 5.75 Å². The molecular formula is C16H14Cl2F3N3O6. The number of nitrogens with zero attached hydrogens (tertiary/aromatic N) is 3. The van der Waals surface area contributed by atoms with Crippen LogP contribution in [-0.2, 0) is 14.3 Å². The Hall–Kier alpha value is -2.44. The Morgan fingerprint density at radius 1 is 1.23 bits per heavy atom. The van der Waals surface area contributed by atoms with Gasteiger partial charge in [0.15, 0.2) is 0 Å². The van der Waals surface area contributed by atoms with Crippen molar-refractivity contribution in [3.63, 3.8) is 0 Å². The highest BCUT2D eigenvalue weighted by molar-refractivity contribution is 6.36. The van der Waals surface area contributed by atoms with Crippen LogP contribution in [0.4, 0.5) is 13.2 Å². The number of hydrogen-bond donors (Lipinski definition) is 0. The first kappa shape index (κ1) is 20.8. The SMILES string of the molecule is O=C(OCOn1on1N1CCOCC1)C1=Cc2cc(Cl)cc(Cl)c2OC1C(F)(F)F. The summed E-state index contributed by atoms with van der Waals surface area (Å²) in [4.78, 5) is 18.6. The lowest BCUT2D eigenvalue weighted by molar-refractivity contribution is -0.190. The molecule has 1 fully saturated rings. The molecule has 1 aromatic heterocycles. The first-order chi connectivity index (χ1) is 14.2. The number of halogens is 5. The first-order valence-electron chi connectivity index (χ1n) is 8.59. The summed E-state index contributed by atoms with van der Waals surface area (Å²) in [6, 6.07) is 2.56. The summed E-state index contributed by atoms with van der Waals surface area (Å²) in [5.41, 5.74) is -0.651. The van der Waals surface area contributed by atoms with E-state index in [2.05, 4.69) is 0 Å². The van der Waals surface area contributed by atoms with Gasteiger partial charge in [0.2, 0.25) is 6.10 Å². The molecule has 1 unspecified atom stereocenters. The predicted octanol–water partition coefficient (Wildman–Crippen LogP) is 2.49. The third-order valence-electron chi connectivity index (χ3n) is 4.24. The van der Waals surface area contributed by atoms with Crippen LogP contribution in [0, 0.1) is 0 Å². The Morgan fingerprint density at radius 2 is 1.97 bits per heavy atom. The Morgan fingerprint density at radius 3 is 2.67 bits per heavy atom. The summed E-state index contributed by atoms with van der Waals surface area (Å²) in [7, 11) is 0. The third-order valence-corrected chi connectivity index (χ3v) is 4.74. The molecule has 1 saturated heterocycles. The van der Waals surface area contributed by atoms with Gasteiger partial charge >= 0.3 is 12.1 Å². The molecule has 0 amide bonds. The molecule has 30 heavy (non-hydrogen) atoms. The van der Waals surface area contributed by atoms with Gasteiger partial charge in [0.1, 0.15) is 10.8 Å². The Labute approximate surface area is 176 Å². The van der Waals surface area contributed by atoms with Gasteiger partial charge in [-0.3, -0.25) is 5.01 Å². The average molecular weight is 472 g/mol. The van der Waals surface area contributed by atoms with Gasteiger partial charge in [0.05, 0.1) is 36.9 Å². The fourth-order valence-corrected chi connectivity index (χ4v) is 3.41. The van der Waals surface area contributed by atoms with Gasteiger partial charge in [-0.1, -0.05) is 23.2 Å². The van der Waals surface area contributed by atoms with Gasteiger partial charge < -0.3 is 19.0 Å². The monoisotopic (exact) mass is 471 g/mol. The highest BCUT2D eigenvalue weighted by Gasteiger charge is 2.49. The lowest BCUT2D eigenvalue weighted by atomic mass is 10.0. The molecule has 0 aliphatic carbocycles. The number of ether oxygens (including phenoxy) is 3. The van der Waals surface area contributed by atoms with Crippen molar-refractivity contribution in [3.8, 4) is 5.75 Å². The lowest BCUT2D eigenvalue weighted by Gasteiger charge is -2.28. The van der Waals surface area contributed by atoms with Gasteiger partial charge in [0, 0.05) is 15.5 Å². The lowest BCUT2D eigenvalue weighted by Crippen LogP contribution is -2.43. The van der Waals surface area contributed by atoms with Crippen molar-refractivity contribution >= 4 is 35.2 Å². The van der Waals surface area contributed by atoms with Crippen molar-refractivity contribution in [2.24, 2.45) is 0 Å². The molecule has 0 saturated carbocycles. The molecule has 1 aromatic carbocycles. The van der Waals surface area contributed by atoms with Crippen LogP contribution in [0.15, 0.2) is 22.3 Å². The van der Waals surface area contributed by atoms with Crippen molar-refractivity contribution in [1.29, 1.82) is 0 Å². The quantitative estimate of drug-likeness (QED) is 0.489. The zero-order valence-corrected chi connectivity index (χ0v) is 16.5. The maximum Gasteiger partial charge on any atom is 0.430 e. The molecule has 14 heteroatoms. The second-order valence-corrected chi connectivity index (χ2v) is 7.11. The van der Waals surface area contributed by atoms with Crippen LogP contribution < -0.4 is 14.6 Å². The number of benzene rings is 1. The van der Waals surface area contributed by atoms with Gasteiger partial charge in [-0.2, -0.15) is 17.8 Å². The summed E-state index contributed by atoms with van der Waals surface area (Å²) < 4.78 is 60.3. The third kappa shape index (κ3) is 4.35. The molecule has 9 nitrogen and oxygen atoms in total. The molecule has 0 N–H and O–H groups in total. The molecule has 4 rings (SSSR count). The molecule has 2 aromatic rings. The minimum Gasteiger partial charge on any atom is -0.474 e. The minimum atomic E-state index is -4.89. The van der Waals surface area contributed by atoms with E-state index in [9.17, 15) is 18.0 Å². The Balaban J connectivity index is 1.43. The Kier molecular flexibility index (Phi) is 5.55. The maximum absolute atomic E-state index is 13.4. The zero-order valence-electron chi connectivity index (χ0n) is 15.0. The number of morpholine rings is 1. The Bertz CT molecular complexity index is 961. The van der Waals surface area contributed by atoms with E-state index < -0.39 is 30.6 Å². The number of alkyl halides is 3. The number of fused-ring (bicyclic) bond motifs is 1. The first-order valence-corrected chi connectivity index (χ1v) is 9.34. The highest BCUT2D eigenvalue weighted by atomic mass is 35.5. The van der Waals surface area contributed by atoms with E-state index >= 15 is 0 Å². The second kappa shape index (κ2) is 8.00. The van der Waals surface area contributed by atoms with Crippen LogP contribution in [0.25, 0.3) is 6.08 Å². The van der Waals surface area contributed by atoms with Crippen LogP contribution >= 0.6 is 23.2 Å². The summed E-state index contributed by atoms with van der Waals surface area (Å²) in [5.74, 6) is -1.51. The number of esters is 1. The van der Waals surface area contributed by atoms with Crippen LogP contribution in [0.2, 0.25) is 10.0 Å². The molecule has 0 radical (unpaired) electrons. The molecule has 2 aliphatic rings. The van der Waals surface area contributed by atoms with Crippen molar-refractivity contribution in [2.45, 2.75) is 12.3 Å². The van der Waals surface area contributed by atoms with Gasteiger partial charge in [-0.15, -0.1) is 0 Å². The minimum absolute atomic E-state index is 0.111. The van der Waals surface area contributed by atoms with E-state index in [1.807, 2.05) is 0 Å². The molecule has 3 heterocycles. The van der Waals surface area contributed by atoms with E-state index in [1.54, 1.807) is 5.01 Å². The summed E-state index contributed by atoms with van der Waals surface area (Å²) in [6.45, 7) is 1.43. The average Bonchev–Trinajstić information content (AvgIpc) is 3.46. The molecule has 2 aliphatic heterocycles. The summed E-state index contributed by atoms with van der Waals surface area (Å²) in [6.07, 6.45) is -6.47. The predicted molar refractivity (Wildman–Crippen MR) is 95.9 cm³/mol. The molecular weight excluding hydrogens is 458 g/mol. The van der Waals surface area contributed by atoms with Gasteiger partial charge in [0.25, 0.3) is 6.79 Å². The largest absolute Gasteiger partial charge is 0.474 e. The van der Waals surface area contributed by atoms with E-state index in [-0.39, 0.29) is 21.4 Å². The number of carbonyl (C=O) groups is 1. The van der Waals surface area contributed by atoms with Crippen LogP contribution in [0.3, 0.4) is 0 Å². The molecule has 0 spiro atoms. The van der Waals surface area contributed by atoms with Crippen molar-refractivity contribution < 1.29 is 41.6 Å². The summed E-state index contributed by atoms with van der Waals surface area (Å²) >= 11 is 11.8. The standard InChI is InChI=1S/C16H14Cl2F3N3O6/c17-10-5-9-6-11(14(16(19,20)21)29-13(9)12(18)7-10)15(25)27-8-28-24-23(30-24)22-1-3-26-4-2-22/h5-7,14H,1-4,8H2. The fraction of sp³-hybridized carbons (Fsp3) is 0.438. The second-order valence-electron chi connectivity index (χ2n) is 6.26. The molecule has 1 atom stereocenters. The molecule has 164 valence electrons.